The first-order chi connectivity index (χ1) is 9.76. The lowest BCUT2D eigenvalue weighted by Gasteiger charge is -2.33. The van der Waals surface area contributed by atoms with Gasteiger partial charge in [-0.05, 0) is 49.9 Å². The number of hydrogen-bond acceptors (Lipinski definition) is 3. The van der Waals surface area contributed by atoms with E-state index in [4.69, 9.17) is 4.74 Å². The Bertz CT molecular complexity index is 468. The van der Waals surface area contributed by atoms with E-state index in [1.165, 1.54) is 12.1 Å². The number of rotatable bonds is 4. The minimum absolute atomic E-state index is 0.162. The molecule has 1 aromatic rings. The van der Waals surface area contributed by atoms with E-state index in [0.29, 0.717) is 6.10 Å². The summed E-state index contributed by atoms with van der Waals surface area (Å²) in [6.45, 7) is 2.03. The molecule has 0 spiro atoms. The van der Waals surface area contributed by atoms with Crippen LogP contribution in [0.4, 0.5) is 11.4 Å². The van der Waals surface area contributed by atoms with Crippen LogP contribution in [-0.4, -0.2) is 32.2 Å². The van der Waals surface area contributed by atoms with Crippen LogP contribution in [0.25, 0.3) is 0 Å². The standard InChI is InChI=1S/C16H22N2O2/c1-20-15-3-2-10-18(11-15)14-8-6-13(7-9-14)17-16(19)12-4-5-12/h6-9,12,15H,2-5,10-11H2,1H3,(H,17,19). The molecule has 0 radical (unpaired) electrons. The molecule has 1 unspecified atom stereocenters. The molecule has 4 nitrogen and oxygen atoms in total. The largest absolute Gasteiger partial charge is 0.380 e. The van der Waals surface area contributed by atoms with Crippen LogP contribution in [0, 0.1) is 5.92 Å². The minimum atomic E-state index is 0.162. The summed E-state index contributed by atoms with van der Waals surface area (Å²) in [5.41, 5.74) is 2.10. The highest BCUT2D eigenvalue weighted by Gasteiger charge is 2.29. The number of nitrogens with zero attached hydrogens (tertiary/aromatic N) is 1. The summed E-state index contributed by atoms with van der Waals surface area (Å²) in [6.07, 6.45) is 4.71. The van der Waals surface area contributed by atoms with Crippen LogP contribution in [0.15, 0.2) is 24.3 Å². The lowest BCUT2D eigenvalue weighted by molar-refractivity contribution is -0.117. The fourth-order valence-electron chi connectivity index (χ4n) is 2.71. The molecule has 0 bridgehead atoms. The monoisotopic (exact) mass is 274 g/mol. The second kappa shape index (κ2) is 5.83. The van der Waals surface area contributed by atoms with Crippen LogP contribution in [0.3, 0.4) is 0 Å². The first kappa shape index (κ1) is 13.4. The highest BCUT2D eigenvalue weighted by atomic mass is 16.5. The molecule has 0 aromatic heterocycles. The Morgan fingerprint density at radius 2 is 2.00 bits per heavy atom. The Labute approximate surface area is 120 Å². The molecule has 2 aliphatic rings. The van der Waals surface area contributed by atoms with Crippen molar-refractivity contribution in [1.82, 2.24) is 0 Å². The maximum Gasteiger partial charge on any atom is 0.227 e. The lowest BCUT2D eigenvalue weighted by Crippen LogP contribution is -2.39. The molecule has 1 heterocycles. The van der Waals surface area contributed by atoms with Gasteiger partial charge in [0.15, 0.2) is 0 Å². The van der Waals surface area contributed by atoms with Crippen molar-refractivity contribution in [2.24, 2.45) is 5.92 Å². The quantitative estimate of drug-likeness (QED) is 0.917. The van der Waals surface area contributed by atoms with Crippen molar-refractivity contribution in [1.29, 1.82) is 0 Å². The molecule has 2 fully saturated rings. The van der Waals surface area contributed by atoms with Gasteiger partial charge < -0.3 is 15.0 Å². The summed E-state index contributed by atoms with van der Waals surface area (Å²) in [6, 6.07) is 8.15. The van der Waals surface area contributed by atoms with Gasteiger partial charge in [-0.2, -0.15) is 0 Å². The molecule has 1 aliphatic carbocycles. The summed E-state index contributed by atoms with van der Waals surface area (Å²) in [4.78, 5) is 14.1. The predicted octanol–water partition coefficient (Wildman–Crippen LogP) is 2.65. The van der Waals surface area contributed by atoms with E-state index in [2.05, 4.69) is 22.3 Å². The van der Waals surface area contributed by atoms with E-state index in [1.54, 1.807) is 7.11 Å². The van der Waals surface area contributed by atoms with Crippen molar-refractivity contribution in [3.05, 3.63) is 24.3 Å². The second-order valence-electron chi connectivity index (χ2n) is 5.76. The van der Waals surface area contributed by atoms with Gasteiger partial charge in [0.05, 0.1) is 6.10 Å². The van der Waals surface area contributed by atoms with Crippen molar-refractivity contribution in [3.63, 3.8) is 0 Å². The van der Waals surface area contributed by atoms with E-state index in [9.17, 15) is 4.79 Å². The SMILES string of the molecule is COC1CCCN(c2ccc(NC(=O)C3CC3)cc2)C1. The van der Waals surface area contributed by atoms with Crippen molar-refractivity contribution in [3.8, 4) is 0 Å². The molecule has 1 aromatic carbocycles. The molecular weight excluding hydrogens is 252 g/mol. The fourth-order valence-corrected chi connectivity index (χ4v) is 2.71. The maximum atomic E-state index is 11.7. The van der Waals surface area contributed by atoms with Crippen molar-refractivity contribution < 1.29 is 9.53 Å². The van der Waals surface area contributed by atoms with Crippen molar-refractivity contribution >= 4 is 17.3 Å². The zero-order valence-corrected chi connectivity index (χ0v) is 12.0. The van der Waals surface area contributed by atoms with Crippen LogP contribution in [0.2, 0.25) is 0 Å². The Kier molecular flexibility index (Phi) is 3.92. The number of carbonyl (C=O) groups excluding carboxylic acids is 1. The molecule has 1 saturated heterocycles. The van der Waals surface area contributed by atoms with E-state index in [-0.39, 0.29) is 11.8 Å². The number of nitrogens with one attached hydrogen (secondary N) is 1. The topological polar surface area (TPSA) is 41.6 Å². The van der Waals surface area contributed by atoms with Crippen LogP contribution in [0.1, 0.15) is 25.7 Å². The minimum Gasteiger partial charge on any atom is -0.380 e. The molecule has 1 N–H and O–H groups in total. The van der Waals surface area contributed by atoms with Gasteiger partial charge in [0.2, 0.25) is 5.91 Å². The highest BCUT2D eigenvalue weighted by molar-refractivity contribution is 5.94. The number of benzene rings is 1. The van der Waals surface area contributed by atoms with Gasteiger partial charge in [-0.3, -0.25) is 4.79 Å². The molecule has 3 rings (SSSR count). The van der Waals surface area contributed by atoms with Gasteiger partial charge in [-0.25, -0.2) is 0 Å². The van der Waals surface area contributed by atoms with Gasteiger partial charge in [-0.1, -0.05) is 0 Å². The third-order valence-electron chi connectivity index (χ3n) is 4.16. The molecule has 1 aliphatic heterocycles. The summed E-state index contributed by atoms with van der Waals surface area (Å²) >= 11 is 0. The molecule has 4 heteroatoms. The van der Waals surface area contributed by atoms with E-state index >= 15 is 0 Å². The molecule has 1 saturated carbocycles. The van der Waals surface area contributed by atoms with Crippen LogP contribution in [0.5, 0.6) is 0 Å². The molecule has 108 valence electrons. The zero-order valence-electron chi connectivity index (χ0n) is 12.0. The zero-order chi connectivity index (χ0) is 13.9. The van der Waals surface area contributed by atoms with E-state index < -0.39 is 0 Å². The normalized spacial score (nSPS) is 22.6. The number of carbonyl (C=O) groups is 1. The van der Waals surface area contributed by atoms with Gasteiger partial charge in [0, 0.05) is 37.5 Å². The Hall–Kier alpha value is -1.55. The van der Waals surface area contributed by atoms with E-state index in [0.717, 1.165) is 38.0 Å². The molecule has 20 heavy (non-hydrogen) atoms. The van der Waals surface area contributed by atoms with E-state index in [1.807, 2.05) is 12.1 Å². The Balaban J connectivity index is 1.61. The number of amides is 1. The van der Waals surface area contributed by atoms with Gasteiger partial charge >= 0.3 is 0 Å². The summed E-state index contributed by atoms with van der Waals surface area (Å²) in [5.74, 6) is 0.411. The summed E-state index contributed by atoms with van der Waals surface area (Å²) < 4.78 is 5.45. The molecule has 1 atom stereocenters. The summed E-state index contributed by atoms with van der Waals surface area (Å²) in [5, 5.41) is 2.97. The van der Waals surface area contributed by atoms with Crippen molar-refractivity contribution in [2.75, 3.05) is 30.4 Å². The number of anilines is 2. The number of piperidine rings is 1. The van der Waals surface area contributed by atoms with Gasteiger partial charge in [-0.15, -0.1) is 0 Å². The third kappa shape index (κ3) is 3.12. The Morgan fingerprint density at radius 1 is 1.25 bits per heavy atom. The number of ether oxygens (including phenoxy) is 1. The average Bonchev–Trinajstić information content (AvgIpc) is 3.33. The first-order valence-electron chi connectivity index (χ1n) is 7.45. The maximum absolute atomic E-state index is 11.7. The number of methoxy groups -OCH3 is 1. The fraction of sp³-hybridized carbons (Fsp3) is 0.562. The van der Waals surface area contributed by atoms with Crippen molar-refractivity contribution in [2.45, 2.75) is 31.8 Å². The second-order valence-corrected chi connectivity index (χ2v) is 5.76. The first-order valence-corrected chi connectivity index (χ1v) is 7.45. The number of hydrogen-bond donors (Lipinski definition) is 1. The van der Waals surface area contributed by atoms with Gasteiger partial charge in [0.1, 0.15) is 0 Å². The Morgan fingerprint density at radius 3 is 2.65 bits per heavy atom. The van der Waals surface area contributed by atoms with Crippen LogP contribution >= 0.6 is 0 Å². The molecular formula is C16H22N2O2. The molecule has 1 amide bonds. The predicted molar refractivity (Wildman–Crippen MR) is 80.0 cm³/mol. The smallest absolute Gasteiger partial charge is 0.227 e. The van der Waals surface area contributed by atoms with Crippen LogP contribution < -0.4 is 10.2 Å². The average molecular weight is 274 g/mol. The highest BCUT2D eigenvalue weighted by Crippen LogP contribution is 2.30. The summed E-state index contributed by atoms with van der Waals surface area (Å²) in [7, 11) is 1.78. The lowest BCUT2D eigenvalue weighted by atomic mass is 10.1. The van der Waals surface area contributed by atoms with Gasteiger partial charge in [0.25, 0.3) is 0 Å². The third-order valence-corrected chi connectivity index (χ3v) is 4.16. The van der Waals surface area contributed by atoms with Crippen LogP contribution in [-0.2, 0) is 9.53 Å².